The van der Waals surface area contributed by atoms with E-state index in [0.717, 1.165) is 11.1 Å². The molecule has 0 radical (unpaired) electrons. The van der Waals surface area contributed by atoms with E-state index in [1.165, 1.54) is 10.2 Å². The molecule has 2 heterocycles. The van der Waals surface area contributed by atoms with Gasteiger partial charge in [-0.05, 0) is 24.6 Å². The van der Waals surface area contributed by atoms with Gasteiger partial charge in [-0.3, -0.25) is 9.78 Å². The standard InChI is InChI=1S/C18H19N5O/c1-3-16(24)23-18(20-11-14-8-6-13(2)7-9-14)21-17(22-23)15-5-4-10-19-12-15/h4-10,12H,3,11H2,1-2H3,(H,20,21,22). The third kappa shape index (κ3) is 3.48. The second kappa shape index (κ2) is 7.04. The van der Waals surface area contributed by atoms with Crippen molar-refractivity contribution in [1.29, 1.82) is 0 Å². The van der Waals surface area contributed by atoms with Gasteiger partial charge in [0.1, 0.15) is 0 Å². The summed E-state index contributed by atoms with van der Waals surface area (Å²) in [7, 11) is 0. The van der Waals surface area contributed by atoms with E-state index < -0.39 is 0 Å². The third-order valence-electron chi connectivity index (χ3n) is 3.64. The molecule has 0 saturated heterocycles. The van der Waals surface area contributed by atoms with Crippen LogP contribution < -0.4 is 5.32 Å². The molecule has 6 heteroatoms. The minimum Gasteiger partial charge on any atom is -0.350 e. The molecule has 1 aromatic carbocycles. The molecule has 0 aliphatic heterocycles. The molecule has 2 aromatic heterocycles. The van der Waals surface area contributed by atoms with Crippen molar-refractivity contribution in [2.75, 3.05) is 5.32 Å². The number of carbonyl (C=O) groups is 1. The van der Waals surface area contributed by atoms with Crippen LogP contribution in [0.4, 0.5) is 5.95 Å². The van der Waals surface area contributed by atoms with Crippen LogP contribution in [0.15, 0.2) is 48.8 Å². The zero-order valence-corrected chi connectivity index (χ0v) is 13.7. The van der Waals surface area contributed by atoms with Gasteiger partial charge in [0.2, 0.25) is 11.9 Å². The quantitative estimate of drug-likeness (QED) is 0.780. The molecule has 0 atom stereocenters. The maximum Gasteiger partial charge on any atom is 0.249 e. The Hall–Kier alpha value is -3.02. The molecule has 0 spiro atoms. The number of benzene rings is 1. The Labute approximate surface area is 140 Å². The Morgan fingerprint density at radius 2 is 2.00 bits per heavy atom. The number of hydrogen-bond donors (Lipinski definition) is 1. The zero-order chi connectivity index (χ0) is 16.9. The predicted molar refractivity (Wildman–Crippen MR) is 92.7 cm³/mol. The van der Waals surface area contributed by atoms with Crippen LogP contribution in [-0.4, -0.2) is 25.7 Å². The van der Waals surface area contributed by atoms with Gasteiger partial charge in [0.15, 0.2) is 5.82 Å². The molecule has 0 bridgehead atoms. The number of rotatable bonds is 5. The Bertz CT molecular complexity index is 824. The molecule has 24 heavy (non-hydrogen) atoms. The summed E-state index contributed by atoms with van der Waals surface area (Å²) in [6, 6.07) is 11.9. The van der Waals surface area contributed by atoms with E-state index in [1.54, 1.807) is 19.3 Å². The lowest BCUT2D eigenvalue weighted by Gasteiger charge is -2.06. The van der Waals surface area contributed by atoms with E-state index in [2.05, 4.69) is 32.5 Å². The van der Waals surface area contributed by atoms with E-state index >= 15 is 0 Å². The fourth-order valence-electron chi connectivity index (χ4n) is 2.25. The molecule has 0 aliphatic carbocycles. The number of aromatic nitrogens is 4. The van der Waals surface area contributed by atoms with Crippen LogP contribution in [-0.2, 0) is 6.54 Å². The highest BCUT2D eigenvalue weighted by Gasteiger charge is 2.16. The number of carbonyl (C=O) groups excluding carboxylic acids is 1. The number of pyridine rings is 1. The fraction of sp³-hybridized carbons (Fsp3) is 0.222. The van der Waals surface area contributed by atoms with Gasteiger partial charge in [0.25, 0.3) is 0 Å². The first-order chi connectivity index (χ1) is 11.7. The summed E-state index contributed by atoms with van der Waals surface area (Å²) in [4.78, 5) is 20.7. The molecule has 122 valence electrons. The highest BCUT2D eigenvalue weighted by Crippen LogP contribution is 2.17. The highest BCUT2D eigenvalue weighted by atomic mass is 16.2. The minimum absolute atomic E-state index is 0.107. The van der Waals surface area contributed by atoms with Gasteiger partial charge in [-0.15, -0.1) is 5.10 Å². The second-order valence-corrected chi connectivity index (χ2v) is 5.50. The molecule has 6 nitrogen and oxygen atoms in total. The van der Waals surface area contributed by atoms with Crippen LogP contribution in [0.3, 0.4) is 0 Å². The van der Waals surface area contributed by atoms with Crippen LogP contribution in [0.1, 0.15) is 29.3 Å². The van der Waals surface area contributed by atoms with E-state index in [1.807, 2.05) is 31.2 Å². The number of hydrogen-bond acceptors (Lipinski definition) is 5. The van der Waals surface area contributed by atoms with Crippen molar-refractivity contribution in [3.63, 3.8) is 0 Å². The second-order valence-electron chi connectivity index (χ2n) is 5.50. The smallest absolute Gasteiger partial charge is 0.249 e. The van der Waals surface area contributed by atoms with Gasteiger partial charge in [0.05, 0.1) is 0 Å². The lowest BCUT2D eigenvalue weighted by atomic mass is 10.1. The molecule has 0 saturated carbocycles. The molecular formula is C18H19N5O. The number of nitrogens with one attached hydrogen (secondary N) is 1. The first-order valence-corrected chi connectivity index (χ1v) is 7.87. The summed E-state index contributed by atoms with van der Waals surface area (Å²) in [5, 5.41) is 7.53. The van der Waals surface area contributed by atoms with Crippen LogP contribution in [0.25, 0.3) is 11.4 Å². The topological polar surface area (TPSA) is 72.7 Å². The van der Waals surface area contributed by atoms with E-state index in [9.17, 15) is 4.79 Å². The van der Waals surface area contributed by atoms with Crippen molar-refractivity contribution in [2.24, 2.45) is 0 Å². The van der Waals surface area contributed by atoms with E-state index in [0.29, 0.717) is 24.7 Å². The van der Waals surface area contributed by atoms with Gasteiger partial charge < -0.3 is 5.32 Å². The van der Waals surface area contributed by atoms with Gasteiger partial charge in [-0.2, -0.15) is 9.67 Å². The number of nitrogens with zero attached hydrogens (tertiary/aromatic N) is 4. The summed E-state index contributed by atoms with van der Waals surface area (Å²) < 4.78 is 1.33. The van der Waals surface area contributed by atoms with Crippen molar-refractivity contribution >= 4 is 11.9 Å². The molecule has 0 fully saturated rings. The summed E-state index contributed by atoms with van der Waals surface area (Å²) >= 11 is 0. The Morgan fingerprint density at radius 1 is 1.21 bits per heavy atom. The summed E-state index contributed by atoms with van der Waals surface area (Å²) in [6.07, 6.45) is 3.73. The first kappa shape index (κ1) is 15.9. The third-order valence-corrected chi connectivity index (χ3v) is 3.64. The molecule has 1 N–H and O–H groups in total. The predicted octanol–water partition coefficient (Wildman–Crippen LogP) is 3.31. The minimum atomic E-state index is -0.107. The Morgan fingerprint density at radius 3 is 2.67 bits per heavy atom. The first-order valence-electron chi connectivity index (χ1n) is 7.87. The zero-order valence-electron chi connectivity index (χ0n) is 13.7. The lowest BCUT2D eigenvalue weighted by molar-refractivity contribution is 0.0895. The summed E-state index contributed by atoms with van der Waals surface area (Å²) in [5.41, 5.74) is 3.10. The molecule has 3 rings (SSSR count). The highest BCUT2D eigenvalue weighted by molar-refractivity contribution is 5.81. The van der Waals surface area contributed by atoms with Gasteiger partial charge in [-0.1, -0.05) is 36.8 Å². The van der Waals surface area contributed by atoms with Crippen molar-refractivity contribution in [2.45, 2.75) is 26.8 Å². The van der Waals surface area contributed by atoms with Gasteiger partial charge in [-0.25, -0.2) is 0 Å². The largest absolute Gasteiger partial charge is 0.350 e. The molecule has 0 amide bonds. The molecule has 0 aliphatic rings. The fourth-order valence-corrected chi connectivity index (χ4v) is 2.25. The van der Waals surface area contributed by atoms with Crippen molar-refractivity contribution < 1.29 is 4.79 Å². The lowest BCUT2D eigenvalue weighted by Crippen LogP contribution is -2.15. The van der Waals surface area contributed by atoms with Crippen molar-refractivity contribution in [3.05, 3.63) is 59.9 Å². The molecule has 0 unspecified atom stereocenters. The normalized spacial score (nSPS) is 10.6. The van der Waals surface area contributed by atoms with Gasteiger partial charge in [0, 0.05) is 30.9 Å². The molecular weight excluding hydrogens is 302 g/mol. The van der Waals surface area contributed by atoms with Crippen LogP contribution >= 0.6 is 0 Å². The molecule has 3 aromatic rings. The Balaban J connectivity index is 1.86. The maximum atomic E-state index is 12.1. The van der Waals surface area contributed by atoms with Gasteiger partial charge >= 0.3 is 0 Å². The Kier molecular flexibility index (Phi) is 4.65. The number of anilines is 1. The van der Waals surface area contributed by atoms with Crippen LogP contribution in [0, 0.1) is 6.92 Å². The average Bonchev–Trinajstić information content (AvgIpc) is 3.05. The van der Waals surface area contributed by atoms with Crippen LogP contribution in [0.5, 0.6) is 0 Å². The summed E-state index contributed by atoms with van der Waals surface area (Å²) in [6.45, 7) is 4.42. The van der Waals surface area contributed by atoms with Crippen LogP contribution in [0.2, 0.25) is 0 Å². The SMILES string of the molecule is CCC(=O)n1nc(-c2cccnc2)nc1NCc1ccc(C)cc1. The van der Waals surface area contributed by atoms with E-state index in [-0.39, 0.29) is 5.91 Å². The average molecular weight is 321 g/mol. The van der Waals surface area contributed by atoms with Crippen molar-refractivity contribution in [3.8, 4) is 11.4 Å². The van der Waals surface area contributed by atoms with E-state index in [4.69, 9.17) is 0 Å². The van der Waals surface area contributed by atoms with Crippen molar-refractivity contribution in [1.82, 2.24) is 19.7 Å². The number of aryl methyl sites for hydroxylation is 1. The summed E-state index contributed by atoms with van der Waals surface area (Å²) in [5.74, 6) is 0.821. The monoisotopic (exact) mass is 321 g/mol. The maximum absolute atomic E-state index is 12.1.